The molecule has 0 saturated carbocycles. The van der Waals surface area contributed by atoms with Gasteiger partial charge < -0.3 is 15.0 Å². The van der Waals surface area contributed by atoms with Crippen LogP contribution in [0, 0.1) is 0 Å². The van der Waals surface area contributed by atoms with Crippen LogP contribution >= 0.6 is 15.9 Å². The molecule has 2 aliphatic rings. The van der Waals surface area contributed by atoms with E-state index >= 15 is 0 Å². The number of ether oxygens (including phenoxy) is 1. The number of aliphatic imine (C=N–C) groups is 1. The molecular weight excluding hydrogens is 364 g/mol. The fraction of sp³-hybridized carbons (Fsp3) is 0.400. The maximum absolute atomic E-state index is 12.4. The predicted molar refractivity (Wildman–Crippen MR) is 89.1 cm³/mol. The second-order valence-corrected chi connectivity index (χ2v) is 6.23. The lowest BCUT2D eigenvalue weighted by Gasteiger charge is -2.32. The van der Waals surface area contributed by atoms with Gasteiger partial charge in [-0.15, -0.1) is 0 Å². The Kier molecular flexibility index (Phi) is 4.92. The highest BCUT2D eigenvalue weighted by Crippen LogP contribution is 2.16. The Balaban J connectivity index is 1.70. The van der Waals surface area contributed by atoms with Crippen LogP contribution in [0.1, 0.15) is 6.42 Å². The van der Waals surface area contributed by atoms with E-state index in [0.717, 1.165) is 4.47 Å². The number of anilines is 1. The number of carbonyl (C=O) groups is 2. The second kappa shape index (κ2) is 7.10. The molecule has 0 aliphatic carbocycles. The molecular formula is C15H17BrN4O3. The molecule has 3 rings (SSSR count). The summed E-state index contributed by atoms with van der Waals surface area (Å²) in [4.78, 5) is 30.6. The number of halogens is 1. The summed E-state index contributed by atoms with van der Waals surface area (Å²) in [5, 5.41) is 5.53. The van der Waals surface area contributed by atoms with Gasteiger partial charge in [0.1, 0.15) is 6.04 Å². The minimum Gasteiger partial charge on any atom is -0.378 e. The van der Waals surface area contributed by atoms with E-state index in [4.69, 9.17) is 4.74 Å². The van der Waals surface area contributed by atoms with Crippen molar-refractivity contribution in [2.75, 3.05) is 31.6 Å². The third kappa shape index (κ3) is 4.08. The van der Waals surface area contributed by atoms with Crippen LogP contribution in [0.3, 0.4) is 0 Å². The second-order valence-electron chi connectivity index (χ2n) is 5.32. The zero-order chi connectivity index (χ0) is 16.2. The van der Waals surface area contributed by atoms with Crippen molar-refractivity contribution in [3.8, 4) is 0 Å². The lowest BCUT2D eigenvalue weighted by Crippen LogP contribution is -2.53. The highest BCUT2D eigenvalue weighted by molar-refractivity contribution is 9.10. The topological polar surface area (TPSA) is 83.0 Å². The van der Waals surface area contributed by atoms with Gasteiger partial charge in [0.15, 0.2) is 0 Å². The van der Waals surface area contributed by atoms with Crippen LogP contribution in [0.5, 0.6) is 0 Å². The Morgan fingerprint density at radius 2 is 2.00 bits per heavy atom. The van der Waals surface area contributed by atoms with E-state index in [-0.39, 0.29) is 18.2 Å². The Morgan fingerprint density at radius 1 is 1.30 bits per heavy atom. The molecule has 0 bridgehead atoms. The average molecular weight is 381 g/mol. The summed E-state index contributed by atoms with van der Waals surface area (Å²) in [5.74, 6) is -0.0223. The summed E-state index contributed by atoms with van der Waals surface area (Å²) >= 11 is 3.34. The molecule has 1 aromatic rings. The van der Waals surface area contributed by atoms with E-state index in [1.165, 1.54) is 0 Å². The van der Waals surface area contributed by atoms with Crippen molar-refractivity contribution in [2.45, 2.75) is 12.5 Å². The molecule has 0 aromatic heterocycles. The monoisotopic (exact) mass is 380 g/mol. The number of nitrogens with one attached hydrogen (secondary N) is 2. The van der Waals surface area contributed by atoms with Crippen LogP contribution in [0.4, 0.5) is 5.69 Å². The first kappa shape index (κ1) is 15.9. The smallest absolute Gasteiger partial charge is 0.249 e. The van der Waals surface area contributed by atoms with E-state index in [9.17, 15) is 9.59 Å². The first-order valence-corrected chi connectivity index (χ1v) is 8.18. The maximum Gasteiger partial charge on any atom is 0.249 e. The number of nitrogens with zero attached hydrogens (tertiary/aromatic N) is 2. The number of guanidine groups is 1. The molecule has 1 fully saturated rings. The van der Waals surface area contributed by atoms with Gasteiger partial charge in [-0.25, -0.2) is 4.99 Å². The molecule has 1 aromatic carbocycles. The molecule has 1 saturated heterocycles. The maximum atomic E-state index is 12.4. The molecule has 2 N–H and O–H groups in total. The normalized spacial score (nSPS) is 21.4. The van der Waals surface area contributed by atoms with Gasteiger partial charge >= 0.3 is 0 Å². The summed E-state index contributed by atoms with van der Waals surface area (Å²) in [7, 11) is 0. The van der Waals surface area contributed by atoms with E-state index in [2.05, 4.69) is 31.6 Å². The molecule has 0 spiro atoms. The molecule has 0 radical (unpaired) electrons. The number of morpholine rings is 1. The zero-order valence-corrected chi connectivity index (χ0v) is 14.0. The van der Waals surface area contributed by atoms with Gasteiger partial charge in [-0.3, -0.25) is 14.9 Å². The van der Waals surface area contributed by atoms with Crippen molar-refractivity contribution in [1.82, 2.24) is 10.2 Å². The zero-order valence-electron chi connectivity index (χ0n) is 12.4. The lowest BCUT2D eigenvalue weighted by atomic mass is 10.1. The number of benzene rings is 1. The summed E-state index contributed by atoms with van der Waals surface area (Å²) in [6.45, 7) is 2.48. The van der Waals surface area contributed by atoms with Crippen LogP contribution in [0.2, 0.25) is 0 Å². The lowest BCUT2D eigenvalue weighted by molar-refractivity contribution is -0.125. The van der Waals surface area contributed by atoms with Crippen LogP contribution in [-0.2, 0) is 14.3 Å². The molecule has 1 atom stereocenters. The molecule has 2 amide bonds. The van der Waals surface area contributed by atoms with Gasteiger partial charge in [-0.1, -0.05) is 15.9 Å². The van der Waals surface area contributed by atoms with E-state index in [0.29, 0.717) is 38.0 Å². The van der Waals surface area contributed by atoms with Gasteiger partial charge in [0.2, 0.25) is 17.8 Å². The van der Waals surface area contributed by atoms with Crippen LogP contribution in [0.25, 0.3) is 0 Å². The van der Waals surface area contributed by atoms with E-state index < -0.39 is 6.04 Å². The van der Waals surface area contributed by atoms with Gasteiger partial charge in [-0.05, 0) is 24.3 Å². The number of hydrogen-bond acceptors (Lipinski definition) is 5. The SMILES string of the molecule is O=C1C[C@@H](C(=O)Nc2ccc(Br)cc2)N=C(N2CCOCC2)N1. The van der Waals surface area contributed by atoms with E-state index in [1.54, 1.807) is 12.1 Å². The fourth-order valence-corrected chi connectivity index (χ4v) is 2.69. The molecule has 23 heavy (non-hydrogen) atoms. The Hall–Kier alpha value is -1.93. The summed E-state index contributed by atoms with van der Waals surface area (Å²) < 4.78 is 6.22. The Morgan fingerprint density at radius 3 is 2.70 bits per heavy atom. The number of amides is 2. The molecule has 7 nitrogen and oxygen atoms in total. The van der Waals surface area contributed by atoms with Crippen molar-refractivity contribution in [2.24, 2.45) is 4.99 Å². The van der Waals surface area contributed by atoms with Crippen LogP contribution in [-0.4, -0.2) is 55.0 Å². The quantitative estimate of drug-likeness (QED) is 0.800. The summed E-state index contributed by atoms with van der Waals surface area (Å²) in [6, 6.07) is 6.54. The van der Waals surface area contributed by atoms with Gasteiger partial charge in [-0.2, -0.15) is 0 Å². The van der Waals surface area contributed by atoms with Gasteiger partial charge in [0.05, 0.1) is 19.6 Å². The fourth-order valence-electron chi connectivity index (χ4n) is 2.42. The van der Waals surface area contributed by atoms with Gasteiger partial charge in [0.25, 0.3) is 0 Å². The van der Waals surface area contributed by atoms with Crippen LogP contribution in [0.15, 0.2) is 33.7 Å². The van der Waals surface area contributed by atoms with Crippen LogP contribution < -0.4 is 10.6 Å². The minimum atomic E-state index is -0.717. The molecule has 0 unspecified atom stereocenters. The average Bonchev–Trinajstić information content (AvgIpc) is 2.57. The van der Waals surface area contributed by atoms with Crippen molar-refractivity contribution < 1.29 is 14.3 Å². The van der Waals surface area contributed by atoms with Crippen molar-refractivity contribution in [3.05, 3.63) is 28.7 Å². The molecule has 2 heterocycles. The number of carbonyl (C=O) groups excluding carboxylic acids is 2. The molecule has 122 valence electrons. The highest BCUT2D eigenvalue weighted by Gasteiger charge is 2.29. The largest absolute Gasteiger partial charge is 0.378 e. The van der Waals surface area contributed by atoms with E-state index in [1.807, 2.05) is 17.0 Å². The standard InChI is InChI=1S/C15H17BrN4O3/c16-10-1-3-11(4-2-10)17-14(22)12-9-13(21)19-15(18-12)20-5-7-23-8-6-20/h1-4,12H,5-9H2,(H,17,22)(H,18,19,21)/t12-/m0/s1. The Bertz CT molecular complexity index is 626. The minimum absolute atomic E-state index is 0.0518. The third-order valence-electron chi connectivity index (χ3n) is 3.63. The van der Waals surface area contributed by atoms with Crippen molar-refractivity contribution in [1.29, 1.82) is 0 Å². The van der Waals surface area contributed by atoms with Crippen molar-refractivity contribution >= 4 is 39.4 Å². The molecule has 8 heteroatoms. The first-order chi connectivity index (χ1) is 11.1. The summed E-state index contributed by atoms with van der Waals surface area (Å²) in [6.07, 6.45) is 0.0518. The predicted octanol–water partition coefficient (Wildman–Crippen LogP) is 0.964. The summed E-state index contributed by atoms with van der Waals surface area (Å²) in [5.41, 5.74) is 0.673. The highest BCUT2D eigenvalue weighted by atomic mass is 79.9. The molecule has 2 aliphatic heterocycles. The number of rotatable bonds is 2. The number of hydrogen-bond donors (Lipinski definition) is 2. The van der Waals surface area contributed by atoms with Gasteiger partial charge in [0, 0.05) is 23.2 Å². The Labute approximate surface area is 142 Å². The first-order valence-electron chi connectivity index (χ1n) is 7.38. The third-order valence-corrected chi connectivity index (χ3v) is 4.16. The van der Waals surface area contributed by atoms with Crippen molar-refractivity contribution in [3.63, 3.8) is 0 Å².